The van der Waals surface area contributed by atoms with Crippen molar-refractivity contribution in [3.05, 3.63) is 77.4 Å². The van der Waals surface area contributed by atoms with Crippen LogP contribution < -0.4 is 0 Å². The monoisotopic (exact) mass is 288 g/mol. The Morgan fingerprint density at radius 2 is 1.95 bits per heavy atom. The number of aromatic nitrogens is 4. The van der Waals surface area contributed by atoms with Gasteiger partial charge in [0.05, 0.1) is 12.2 Å². The Hall–Kier alpha value is -2.93. The molecule has 0 aliphatic rings. The zero-order valence-corrected chi connectivity index (χ0v) is 12.6. The predicted octanol–water partition coefficient (Wildman–Crippen LogP) is 2.74. The molecule has 108 valence electrons. The molecule has 0 spiro atoms. The summed E-state index contributed by atoms with van der Waals surface area (Å²) >= 11 is 0. The first-order valence-electron chi connectivity index (χ1n) is 7.09. The highest BCUT2D eigenvalue weighted by atomic mass is 15.1. The third kappa shape index (κ3) is 3.39. The van der Waals surface area contributed by atoms with Gasteiger partial charge < -0.3 is 4.57 Å². The van der Waals surface area contributed by atoms with Crippen molar-refractivity contribution in [2.24, 2.45) is 0 Å². The molecule has 3 aromatic rings. The number of rotatable bonds is 2. The second-order valence-corrected chi connectivity index (χ2v) is 5.06. The molecule has 0 fully saturated rings. The summed E-state index contributed by atoms with van der Waals surface area (Å²) in [4.78, 5) is 13.0. The molecule has 0 amide bonds. The molecule has 3 heterocycles. The van der Waals surface area contributed by atoms with Crippen molar-refractivity contribution < 1.29 is 0 Å². The molecule has 3 aromatic heterocycles. The van der Waals surface area contributed by atoms with Gasteiger partial charge in [0.15, 0.2) is 0 Å². The molecule has 0 aromatic carbocycles. The largest absolute Gasteiger partial charge is 0.328 e. The summed E-state index contributed by atoms with van der Waals surface area (Å²) in [5, 5.41) is 0. The Balaban J connectivity index is 1.81. The lowest BCUT2D eigenvalue weighted by molar-refractivity contribution is 0.742. The van der Waals surface area contributed by atoms with Crippen molar-refractivity contribution in [1.29, 1.82) is 0 Å². The van der Waals surface area contributed by atoms with Crippen molar-refractivity contribution in [3.63, 3.8) is 0 Å². The van der Waals surface area contributed by atoms with Crippen LogP contribution in [0.1, 0.15) is 28.5 Å². The van der Waals surface area contributed by atoms with Crippen molar-refractivity contribution in [2.45, 2.75) is 20.4 Å². The quantitative estimate of drug-likeness (QED) is 0.681. The maximum Gasteiger partial charge on any atom is 0.131 e. The van der Waals surface area contributed by atoms with E-state index >= 15 is 0 Å². The van der Waals surface area contributed by atoms with E-state index in [1.54, 1.807) is 12.4 Å². The molecule has 3 rings (SSSR count). The number of aryl methyl sites for hydroxylation is 2. The second-order valence-electron chi connectivity index (χ2n) is 5.06. The molecular weight excluding hydrogens is 272 g/mol. The smallest absolute Gasteiger partial charge is 0.131 e. The van der Waals surface area contributed by atoms with Gasteiger partial charge in [0, 0.05) is 29.8 Å². The Morgan fingerprint density at radius 1 is 1.05 bits per heavy atom. The number of pyridine rings is 2. The fourth-order valence-electron chi connectivity index (χ4n) is 2.15. The lowest BCUT2D eigenvalue weighted by Crippen LogP contribution is -2.01. The van der Waals surface area contributed by atoms with Gasteiger partial charge in [-0.25, -0.2) is 4.98 Å². The van der Waals surface area contributed by atoms with Crippen molar-refractivity contribution >= 4 is 0 Å². The summed E-state index contributed by atoms with van der Waals surface area (Å²) in [5.74, 6) is 7.16. The van der Waals surface area contributed by atoms with Crippen LogP contribution in [0.4, 0.5) is 0 Å². The van der Waals surface area contributed by atoms with Gasteiger partial charge in [-0.1, -0.05) is 12.0 Å². The normalized spacial score (nSPS) is 10.1. The molecule has 0 N–H and O–H groups in total. The van der Waals surface area contributed by atoms with Crippen LogP contribution in [0.15, 0.2) is 48.9 Å². The van der Waals surface area contributed by atoms with E-state index in [0.29, 0.717) is 6.54 Å². The lowest BCUT2D eigenvalue weighted by Gasteiger charge is -2.02. The van der Waals surface area contributed by atoms with Gasteiger partial charge in [-0.2, -0.15) is 0 Å². The van der Waals surface area contributed by atoms with Crippen LogP contribution in [0, 0.1) is 25.7 Å². The summed E-state index contributed by atoms with van der Waals surface area (Å²) in [5.41, 5.74) is 3.68. The molecule has 0 aliphatic carbocycles. The molecule has 0 aliphatic heterocycles. The van der Waals surface area contributed by atoms with Gasteiger partial charge in [-0.15, -0.1) is 0 Å². The molecule has 0 saturated heterocycles. The topological polar surface area (TPSA) is 43.6 Å². The van der Waals surface area contributed by atoms with Gasteiger partial charge in [-0.3, -0.25) is 9.97 Å². The van der Waals surface area contributed by atoms with Crippen molar-refractivity contribution in [3.8, 4) is 11.8 Å². The van der Waals surface area contributed by atoms with E-state index in [4.69, 9.17) is 0 Å². The molecule has 0 saturated carbocycles. The minimum absolute atomic E-state index is 0.704. The Labute approximate surface area is 129 Å². The standard InChI is InChI=1S/C18H16N4/c1-14-11-16(8-10-19-14)6-7-18-13-22(15(2)21-18)12-17-5-3-4-9-20-17/h3-5,8-11,13H,12H2,1-2H3. The van der Waals surface area contributed by atoms with E-state index < -0.39 is 0 Å². The molecule has 0 atom stereocenters. The highest BCUT2D eigenvalue weighted by Gasteiger charge is 2.03. The minimum Gasteiger partial charge on any atom is -0.328 e. The minimum atomic E-state index is 0.704. The maximum absolute atomic E-state index is 4.49. The number of hydrogen-bond acceptors (Lipinski definition) is 3. The molecule has 4 nitrogen and oxygen atoms in total. The summed E-state index contributed by atoms with van der Waals surface area (Å²) in [6.07, 6.45) is 5.53. The van der Waals surface area contributed by atoms with Gasteiger partial charge in [0.2, 0.25) is 0 Å². The SMILES string of the molecule is Cc1cc(C#Cc2cn(Cc3ccccn3)c(C)n2)ccn1. The lowest BCUT2D eigenvalue weighted by atomic mass is 10.2. The molecule has 4 heteroatoms. The summed E-state index contributed by atoms with van der Waals surface area (Å²) in [7, 11) is 0. The third-order valence-electron chi connectivity index (χ3n) is 3.27. The Bertz CT molecular complexity index is 838. The molecule has 0 unspecified atom stereocenters. The average Bonchev–Trinajstić information content (AvgIpc) is 2.87. The van der Waals surface area contributed by atoms with Crippen LogP contribution in [0.5, 0.6) is 0 Å². The zero-order valence-electron chi connectivity index (χ0n) is 12.6. The molecule has 0 bridgehead atoms. The van der Waals surface area contributed by atoms with Crippen LogP contribution in [-0.2, 0) is 6.54 Å². The second kappa shape index (κ2) is 6.23. The summed E-state index contributed by atoms with van der Waals surface area (Å²) in [6.45, 7) is 4.64. The number of imidazole rings is 1. The van der Waals surface area contributed by atoms with Gasteiger partial charge in [0.25, 0.3) is 0 Å². The van der Waals surface area contributed by atoms with Gasteiger partial charge >= 0.3 is 0 Å². The first kappa shape index (κ1) is 14.0. The predicted molar refractivity (Wildman–Crippen MR) is 85.3 cm³/mol. The fraction of sp³-hybridized carbons (Fsp3) is 0.167. The first-order chi connectivity index (χ1) is 10.7. The van der Waals surface area contributed by atoms with Crippen LogP contribution in [0.3, 0.4) is 0 Å². The van der Waals surface area contributed by atoms with Gasteiger partial charge in [0.1, 0.15) is 11.5 Å². The zero-order chi connectivity index (χ0) is 15.4. The van der Waals surface area contributed by atoms with Crippen LogP contribution in [0.25, 0.3) is 0 Å². The van der Waals surface area contributed by atoms with E-state index in [1.807, 2.05) is 50.4 Å². The van der Waals surface area contributed by atoms with E-state index in [-0.39, 0.29) is 0 Å². The summed E-state index contributed by atoms with van der Waals surface area (Å²) in [6, 6.07) is 9.77. The fourth-order valence-corrected chi connectivity index (χ4v) is 2.15. The third-order valence-corrected chi connectivity index (χ3v) is 3.27. The molecule has 0 radical (unpaired) electrons. The maximum atomic E-state index is 4.49. The van der Waals surface area contributed by atoms with Crippen LogP contribution in [-0.4, -0.2) is 19.5 Å². The van der Waals surface area contributed by atoms with E-state index in [0.717, 1.165) is 28.5 Å². The number of nitrogens with zero attached hydrogens (tertiary/aromatic N) is 4. The van der Waals surface area contributed by atoms with Crippen LogP contribution >= 0.6 is 0 Å². The van der Waals surface area contributed by atoms with E-state index in [1.165, 1.54) is 0 Å². The first-order valence-corrected chi connectivity index (χ1v) is 7.09. The Kier molecular flexibility index (Phi) is 3.97. The van der Waals surface area contributed by atoms with Crippen molar-refractivity contribution in [1.82, 2.24) is 19.5 Å². The highest BCUT2D eigenvalue weighted by Crippen LogP contribution is 2.06. The number of hydrogen-bond donors (Lipinski definition) is 0. The van der Waals surface area contributed by atoms with Crippen LogP contribution in [0.2, 0.25) is 0 Å². The Morgan fingerprint density at radius 3 is 2.73 bits per heavy atom. The average molecular weight is 288 g/mol. The highest BCUT2D eigenvalue weighted by molar-refractivity contribution is 5.39. The van der Waals surface area contributed by atoms with Gasteiger partial charge in [-0.05, 0) is 44.0 Å². The van der Waals surface area contributed by atoms with E-state index in [2.05, 4.69) is 31.4 Å². The summed E-state index contributed by atoms with van der Waals surface area (Å²) < 4.78 is 2.06. The molecular formula is C18H16N4. The molecule has 22 heavy (non-hydrogen) atoms. The van der Waals surface area contributed by atoms with Crippen molar-refractivity contribution in [2.75, 3.05) is 0 Å². The van der Waals surface area contributed by atoms with E-state index in [9.17, 15) is 0 Å².